The molecule has 4 heteroatoms. The molecule has 0 N–H and O–H groups in total. The van der Waals surface area contributed by atoms with Crippen molar-refractivity contribution in [2.24, 2.45) is 0 Å². The van der Waals surface area contributed by atoms with Crippen molar-refractivity contribution >= 4 is 11.3 Å². The van der Waals surface area contributed by atoms with Crippen LogP contribution >= 0.6 is 0 Å². The molecule has 0 aliphatic carbocycles. The normalized spacial score (nSPS) is 13.3. The molecular formula is C19H14F2N2. The molecule has 2 aromatic carbocycles. The number of nitrogens with zero attached hydrogens (tertiary/aromatic N) is 2. The minimum absolute atomic E-state index is 0.358. The lowest BCUT2D eigenvalue weighted by Gasteiger charge is -2.29. The van der Waals surface area contributed by atoms with Crippen molar-refractivity contribution in [3.63, 3.8) is 0 Å². The number of hydrogen-bond donors (Lipinski definition) is 0. The van der Waals surface area contributed by atoms with Crippen LogP contribution in [0.1, 0.15) is 11.1 Å². The lowest BCUT2D eigenvalue weighted by atomic mass is 9.94. The predicted octanol–water partition coefficient (Wildman–Crippen LogP) is 4.45. The van der Waals surface area contributed by atoms with E-state index in [1.165, 1.54) is 0 Å². The van der Waals surface area contributed by atoms with Crippen LogP contribution in [0.3, 0.4) is 0 Å². The van der Waals surface area contributed by atoms with Gasteiger partial charge in [0, 0.05) is 24.4 Å². The molecule has 2 nitrogen and oxygen atoms in total. The fourth-order valence-corrected chi connectivity index (χ4v) is 2.64. The van der Waals surface area contributed by atoms with E-state index in [9.17, 15) is 14.0 Å². The zero-order valence-corrected chi connectivity index (χ0v) is 12.4. The Labute approximate surface area is 133 Å². The molecule has 114 valence electrons. The van der Waals surface area contributed by atoms with Gasteiger partial charge in [-0.2, -0.15) is 5.26 Å². The zero-order chi connectivity index (χ0) is 16.4. The third kappa shape index (κ3) is 2.86. The summed E-state index contributed by atoms with van der Waals surface area (Å²) in [5.41, 5.74) is 2.89. The lowest BCUT2D eigenvalue weighted by molar-refractivity contribution is 0.508. The molecule has 0 fully saturated rings. The van der Waals surface area contributed by atoms with Crippen LogP contribution in [-0.2, 0) is 6.42 Å². The summed E-state index contributed by atoms with van der Waals surface area (Å²) in [5.74, 6) is -1.85. The number of allylic oxidation sites excluding steroid dienone is 2. The molecule has 0 amide bonds. The highest BCUT2D eigenvalue weighted by Gasteiger charge is 2.23. The summed E-state index contributed by atoms with van der Waals surface area (Å²) in [4.78, 5) is 1.78. The maximum atomic E-state index is 13.6. The maximum absolute atomic E-state index is 13.6. The Kier molecular flexibility index (Phi) is 3.94. The standard InChI is InChI=1S/C19H14F2N2/c1-13-15(11-22)12-23(8-7-14-5-3-2-4-6-14)19-10-18(21)17(20)9-16(13)19/h2-6,9-10,12H,1,7-8H2. The summed E-state index contributed by atoms with van der Waals surface area (Å²) < 4.78 is 27.2. The Morgan fingerprint density at radius 1 is 1.09 bits per heavy atom. The quantitative estimate of drug-likeness (QED) is 0.837. The number of hydrogen-bond acceptors (Lipinski definition) is 2. The molecule has 0 atom stereocenters. The molecule has 0 spiro atoms. The zero-order valence-electron chi connectivity index (χ0n) is 12.4. The van der Waals surface area contributed by atoms with E-state index in [0.717, 1.165) is 24.1 Å². The average Bonchev–Trinajstić information content (AvgIpc) is 2.57. The van der Waals surface area contributed by atoms with Crippen LogP contribution < -0.4 is 4.90 Å². The highest BCUT2D eigenvalue weighted by atomic mass is 19.2. The van der Waals surface area contributed by atoms with E-state index in [4.69, 9.17) is 0 Å². The van der Waals surface area contributed by atoms with Crippen LogP contribution in [0.15, 0.2) is 60.8 Å². The topological polar surface area (TPSA) is 27.0 Å². The lowest BCUT2D eigenvalue weighted by Crippen LogP contribution is -2.24. The Bertz CT molecular complexity index is 832. The summed E-state index contributed by atoms with van der Waals surface area (Å²) in [6.07, 6.45) is 2.37. The van der Waals surface area contributed by atoms with Crippen LogP contribution in [0, 0.1) is 23.0 Å². The fraction of sp³-hybridized carbons (Fsp3) is 0.105. The van der Waals surface area contributed by atoms with Gasteiger partial charge >= 0.3 is 0 Å². The number of fused-ring (bicyclic) bond motifs is 1. The Morgan fingerprint density at radius 3 is 2.48 bits per heavy atom. The predicted molar refractivity (Wildman–Crippen MR) is 86.6 cm³/mol. The number of nitriles is 1. The SMILES string of the molecule is C=C1C(C#N)=CN(CCc2ccccc2)c2cc(F)c(F)cc21. The van der Waals surface area contributed by atoms with Gasteiger partial charge in [-0.15, -0.1) is 0 Å². The van der Waals surface area contributed by atoms with Gasteiger partial charge in [0.2, 0.25) is 0 Å². The van der Waals surface area contributed by atoms with Crippen molar-refractivity contribution in [2.75, 3.05) is 11.4 Å². The van der Waals surface area contributed by atoms with Crippen LogP contribution in [-0.4, -0.2) is 6.54 Å². The minimum atomic E-state index is -0.938. The van der Waals surface area contributed by atoms with Crippen molar-refractivity contribution < 1.29 is 8.78 Å². The van der Waals surface area contributed by atoms with Gasteiger partial charge in [0.25, 0.3) is 0 Å². The summed E-state index contributed by atoms with van der Waals surface area (Å²) in [5, 5.41) is 9.24. The van der Waals surface area contributed by atoms with Gasteiger partial charge in [-0.1, -0.05) is 36.9 Å². The first-order valence-electron chi connectivity index (χ1n) is 7.21. The number of anilines is 1. The smallest absolute Gasteiger partial charge is 0.160 e. The fourth-order valence-electron chi connectivity index (χ4n) is 2.64. The molecule has 0 saturated heterocycles. The van der Waals surface area contributed by atoms with E-state index in [0.29, 0.717) is 28.9 Å². The molecule has 23 heavy (non-hydrogen) atoms. The summed E-state index contributed by atoms with van der Waals surface area (Å²) >= 11 is 0. The third-order valence-corrected chi connectivity index (χ3v) is 3.89. The molecule has 0 bridgehead atoms. The molecule has 1 aliphatic heterocycles. The highest BCUT2D eigenvalue weighted by molar-refractivity contribution is 5.91. The van der Waals surface area contributed by atoms with E-state index >= 15 is 0 Å². The van der Waals surface area contributed by atoms with Gasteiger partial charge < -0.3 is 4.90 Å². The van der Waals surface area contributed by atoms with Crippen LogP contribution in [0.4, 0.5) is 14.5 Å². The van der Waals surface area contributed by atoms with Gasteiger partial charge in [-0.3, -0.25) is 0 Å². The van der Waals surface area contributed by atoms with Crippen molar-refractivity contribution in [2.45, 2.75) is 6.42 Å². The van der Waals surface area contributed by atoms with Gasteiger partial charge in [0.05, 0.1) is 11.3 Å². The number of rotatable bonds is 3. The Morgan fingerprint density at radius 2 is 1.78 bits per heavy atom. The minimum Gasteiger partial charge on any atom is -0.346 e. The molecule has 0 radical (unpaired) electrons. The molecule has 0 unspecified atom stereocenters. The number of benzene rings is 2. The van der Waals surface area contributed by atoms with E-state index < -0.39 is 11.6 Å². The molecule has 1 aliphatic rings. The second kappa shape index (κ2) is 6.05. The molecule has 2 aromatic rings. The largest absolute Gasteiger partial charge is 0.346 e. The summed E-state index contributed by atoms with van der Waals surface area (Å²) in [6.45, 7) is 4.38. The third-order valence-electron chi connectivity index (χ3n) is 3.89. The number of halogens is 2. The van der Waals surface area contributed by atoms with Crippen LogP contribution in [0.2, 0.25) is 0 Å². The van der Waals surface area contributed by atoms with Gasteiger partial charge in [0.15, 0.2) is 11.6 Å². The van der Waals surface area contributed by atoms with Gasteiger partial charge in [-0.05, 0) is 23.6 Å². The first-order chi connectivity index (χ1) is 11.1. The second-order valence-electron chi connectivity index (χ2n) is 5.35. The van der Waals surface area contributed by atoms with Crippen LogP contribution in [0.25, 0.3) is 5.57 Å². The van der Waals surface area contributed by atoms with E-state index in [1.54, 1.807) is 11.1 Å². The first kappa shape index (κ1) is 15.0. The van der Waals surface area contributed by atoms with Crippen molar-refractivity contribution in [1.82, 2.24) is 0 Å². The van der Waals surface area contributed by atoms with Crippen molar-refractivity contribution in [1.29, 1.82) is 5.26 Å². The average molecular weight is 308 g/mol. The van der Waals surface area contributed by atoms with Gasteiger partial charge in [0.1, 0.15) is 6.07 Å². The Hall–Kier alpha value is -2.93. The summed E-state index contributed by atoms with van der Waals surface area (Å²) in [6, 6.07) is 14.2. The van der Waals surface area contributed by atoms with Crippen molar-refractivity contribution in [3.05, 3.63) is 83.6 Å². The van der Waals surface area contributed by atoms with E-state index in [-0.39, 0.29) is 0 Å². The first-order valence-corrected chi connectivity index (χ1v) is 7.21. The highest BCUT2D eigenvalue weighted by Crippen LogP contribution is 2.37. The molecule has 1 heterocycles. The van der Waals surface area contributed by atoms with Crippen LogP contribution in [0.5, 0.6) is 0 Å². The summed E-state index contributed by atoms with van der Waals surface area (Å²) in [7, 11) is 0. The Balaban J connectivity index is 1.96. The van der Waals surface area contributed by atoms with Crippen molar-refractivity contribution in [3.8, 4) is 6.07 Å². The second-order valence-corrected chi connectivity index (χ2v) is 5.35. The molecule has 0 aromatic heterocycles. The monoisotopic (exact) mass is 308 g/mol. The van der Waals surface area contributed by atoms with E-state index in [1.807, 2.05) is 30.3 Å². The maximum Gasteiger partial charge on any atom is 0.160 e. The molecular weight excluding hydrogens is 294 g/mol. The molecule has 0 saturated carbocycles. The van der Waals surface area contributed by atoms with E-state index in [2.05, 4.69) is 12.6 Å². The van der Waals surface area contributed by atoms with Gasteiger partial charge in [-0.25, -0.2) is 8.78 Å². The molecule has 3 rings (SSSR count).